The molecule has 1 aliphatic rings. The third-order valence-corrected chi connectivity index (χ3v) is 5.25. The van der Waals surface area contributed by atoms with Crippen LogP contribution in [0.15, 0.2) is 18.2 Å². The molecule has 0 spiro atoms. The lowest BCUT2D eigenvalue weighted by atomic mass is 10.1. The SMILES string of the molecule is CCN(C)C(=O)C(NCCOc1cc(F)ccc1CCCNC(=O)CNC=O)C1CC1. The fourth-order valence-corrected chi connectivity index (χ4v) is 3.23. The molecule has 1 fully saturated rings. The summed E-state index contributed by atoms with van der Waals surface area (Å²) >= 11 is 0. The van der Waals surface area contributed by atoms with E-state index < -0.39 is 0 Å². The lowest BCUT2D eigenvalue weighted by Gasteiger charge is -2.23. The number of ether oxygens (including phenoxy) is 1. The molecule has 1 aromatic rings. The highest BCUT2D eigenvalue weighted by atomic mass is 19.1. The summed E-state index contributed by atoms with van der Waals surface area (Å²) in [5.74, 6) is 0.304. The van der Waals surface area contributed by atoms with Crippen molar-refractivity contribution in [3.63, 3.8) is 0 Å². The molecule has 31 heavy (non-hydrogen) atoms. The summed E-state index contributed by atoms with van der Waals surface area (Å²) in [4.78, 5) is 35.9. The highest BCUT2D eigenvalue weighted by Gasteiger charge is 2.36. The van der Waals surface area contributed by atoms with Gasteiger partial charge < -0.3 is 25.6 Å². The van der Waals surface area contributed by atoms with Crippen molar-refractivity contribution in [2.45, 2.75) is 38.6 Å². The Labute approximate surface area is 182 Å². The quantitative estimate of drug-likeness (QED) is 0.280. The third kappa shape index (κ3) is 8.53. The summed E-state index contributed by atoms with van der Waals surface area (Å²) in [7, 11) is 1.80. The molecular formula is C22H33FN4O4. The van der Waals surface area contributed by atoms with Crippen molar-refractivity contribution >= 4 is 18.2 Å². The van der Waals surface area contributed by atoms with E-state index in [0.29, 0.717) is 57.2 Å². The van der Waals surface area contributed by atoms with E-state index in [1.165, 1.54) is 12.1 Å². The fraction of sp³-hybridized carbons (Fsp3) is 0.591. The van der Waals surface area contributed by atoms with Crippen molar-refractivity contribution in [1.29, 1.82) is 0 Å². The van der Waals surface area contributed by atoms with Gasteiger partial charge in [-0.15, -0.1) is 0 Å². The highest BCUT2D eigenvalue weighted by Crippen LogP contribution is 2.33. The summed E-state index contributed by atoms with van der Waals surface area (Å²) in [6.45, 7) is 3.80. The lowest BCUT2D eigenvalue weighted by Crippen LogP contribution is -2.47. The Hall–Kier alpha value is -2.68. The first kappa shape index (κ1) is 24.6. The lowest BCUT2D eigenvalue weighted by molar-refractivity contribution is -0.132. The molecule has 3 N–H and O–H groups in total. The van der Waals surface area contributed by atoms with Crippen LogP contribution in [0.3, 0.4) is 0 Å². The van der Waals surface area contributed by atoms with Crippen LogP contribution < -0.4 is 20.7 Å². The van der Waals surface area contributed by atoms with Crippen LogP contribution in [0.5, 0.6) is 5.75 Å². The molecule has 1 saturated carbocycles. The third-order valence-electron chi connectivity index (χ3n) is 5.25. The Morgan fingerprint density at radius 1 is 1.32 bits per heavy atom. The van der Waals surface area contributed by atoms with Crippen molar-refractivity contribution in [3.8, 4) is 5.75 Å². The second kappa shape index (κ2) is 12.9. The smallest absolute Gasteiger partial charge is 0.239 e. The predicted octanol–water partition coefficient (Wildman–Crippen LogP) is 0.846. The number of nitrogens with one attached hydrogen (secondary N) is 3. The molecule has 0 saturated heterocycles. The van der Waals surface area contributed by atoms with Gasteiger partial charge in [0.1, 0.15) is 18.2 Å². The summed E-state index contributed by atoms with van der Waals surface area (Å²) in [6.07, 6.45) is 3.83. The first-order chi connectivity index (χ1) is 15.0. The van der Waals surface area contributed by atoms with Gasteiger partial charge in [-0.05, 0) is 50.2 Å². The normalized spacial score (nSPS) is 13.9. The average Bonchev–Trinajstić information content (AvgIpc) is 3.60. The van der Waals surface area contributed by atoms with Crippen molar-refractivity contribution in [2.75, 3.05) is 39.8 Å². The van der Waals surface area contributed by atoms with E-state index >= 15 is 0 Å². The molecule has 0 aromatic heterocycles. The van der Waals surface area contributed by atoms with Crippen LogP contribution >= 0.6 is 0 Å². The second-order valence-corrected chi connectivity index (χ2v) is 7.67. The molecule has 9 heteroatoms. The summed E-state index contributed by atoms with van der Waals surface area (Å²) in [5, 5.41) is 8.30. The number of aryl methyl sites for hydroxylation is 1. The van der Waals surface area contributed by atoms with E-state index in [0.717, 1.165) is 18.4 Å². The van der Waals surface area contributed by atoms with E-state index in [4.69, 9.17) is 4.74 Å². The minimum absolute atomic E-state index is 0.0557. The molecule has 2 rings (SSSR count). The van der Waals surface area contributed by atoms with Crippen LogP contribution in [-0.2, 0) is 20.8 Å². The Kier molecular flexibility index (Phi) is 10.2. The van der Waals surface area contributed by atoms with Gasteiger partial charge in [-0.2, -0.15) is 0 Å². The number of benzene rings is 1. The molecule has 172 valence electrons. The minimum Gasteiger partial charge on any atom is -0.492 e. The van der Waals surface area contributed by atoms with E-state index in [2.05, 4.69) is 16.0 Å². The van der Waals surface area contributed by atoms with Gasteiger partial charge in [-0.3, -0.25) is 14.4 Å². The number of hydrogen-bond donors (Lipinski definition) is 3. The standard InChI is InChI=1S/C22H33FN4O4/c1-3-27(2)22(30)21(17-6-7-17)26-11-12-31-19-13-18(23)9-8-16(19)5-4-10-25-20(29)14-24-15-28/h8-9,13,15,17,21,26H,3-7,10-12,14H2,1-2H3,(H,24,28)(H,25,29). The topological polar surface area (TPSA) is 99.8 Å². The van der Waals surface area contributed by atoms with E-state index in [1.807, 2.05) is 6.92 Å². The zero-order valence-corrected chi connectivity index (χ0v) is 18.3. The molecule has 1 unspecified atom stereocenters. The summed E-state index contributed by atoms with van der Waals surface area (Å²) in [6, 6.07) is 4.23. The molecule has 0 heterocycles. The number of carbonyl (C=O) groups is 3. The van der Waals surface area contributed by atoms with Crippen LogP contribution in [0.2, 0.25) is 0 Å². The number of halogens is 1. The maximum atomic E-state index is 13.7. The number of likely N-dealkylation sites (N-methyl/N-ethyl adjacent to an activating group) is 1. The molecular weight excluding hydrogens is 403 g/mol. The molecule has 3 amide bonds. The number of amides is 3. The first-order valence-corrected chi connectivity index (χ1v) is 10.8. The van der Waals surface area contributed by atoms with E-state index in [1.54, 1.807) is 18.0 Å². The molecule has 0 aliphatic heterocycles. The van der Waals surface area contributed by atoms with E-state index in [9.17, 15) is 18.8 Å². The number of nitrogens with zero attached hydrogens (tertiary/aromatic N) is 1. The monoisotopic (exact) mass is 436 g/mol. The van der Waals surface area contributed by atoms with Gasteiger partial charge in [0.25, 0.3) is 0 Å². The number of rotatable bonds is 15. The van der Waals surface area contributed by atoms with Gasteiger partial charge >= 0.3 is 0 Å². The minimum atomic E-state index is -0.379. The van der Waals surface area contributed by atoms with Gasteiger partial charge in [0.05, 0.1) is 12.6 Å². The zero-order chi connectivity index (χ0) is 22.6. The van der Waals surface area contributed by atoms with Gasteiger partial charge in [0.2, 0.25) is 18.2 Å². The predicted molar refractivity (Wildman–Crippen MR) is 115 cm³/mol. The van der Waals surface area contributed by atoms with Crippen molar-refractivity contribution in [1.82, 2.24) is 20.9 Å². The molecule has 0 radical (unpaired) electrons. The fourth-order valence-electron chi connectivity index (χ4n) is 3.23. The molecule has 0 bridgehead atoms. The van der Waals surface area contributed by atoms with Crippen LogP contribution in [0.4, 0.5) is 4.39 Å². The van der Waals surface area contributed by atoms with Crippen LogP contribution in [-0.4, -0.2) is 69.0 Å². The molecule has 1 aromatic carbocycles. The Morgan fingerprint density at radius 2 is 2.10 bits per heavy atom. The summed E-state index contributed by atoms with van der Waals surface area (Å²) < 4.78 is 19.5. The Bertz CT molecular complexity index is 742. The zero-order valence-electron chi connectivity index (χ0n) is 18.3. The van der Waals surface area contributed by atoms with Gasteiger partial charge in [0.15, 0.2) is 0 Å². The molecule has 1 atom stereocenters. The molecule has 8 nitrogen and oxygen atoms in total. The van der Waals surface area contributed by atoms with Crippen LogP contribution in [0.1, 0.15) is 31.7 Å². The van der Waals surface area contributed by atoms with Crippen LogP contribution in [0, 0.1) is 11.7 Å². The molecule has 1 aliphatic carbocycles. The number of hydrogen-bond acceptors (Lipinski definition) is 5. The maximum absolute atomic E-state index is 13.7. The largest absolute Gasteiger partial charge is 0.492 e. The highest BCUT2D eigenvalue weighted by molar-refractivity contribution is 5.82. The van der Waals surface area contributed by atoms with Crippen molar-refractivity contribution in [3.05, 3.63) is 29.6 Å². The summed E-state index contributed by atoms with van der Waals surface area (Å²) in [5.41, 5.74) is 0.849. The van der Waals surface area contributed by atoms with E-state index in [-0.39, 0.29) is 30.2 Å². The van der Waals surface area contributed by atoms with Gasteiger partial charge in [-0.25, -0.2) is 4.39 Å². The Morgan fingerprint density at radius 3 is 2.77 bits per heavy atom. The van der Waals surface area contributed by atoms with Gasteiger partial charge in [-0.1, -0.05) is 6.07 Å². The van der Waals surface area contributed by atoms with Gasteiger partial charge in [0, 0.05) is 32.7 Å². The first-order valence-electron chi connectivity index (χ1n) is 10.8. The number of carbonyl (C=O) groups excluding carboxylic acids is 3. The maximum Gasteiger partial charge on any atom is 0.239 e. The Balaban J connectivity index is 1.79. The second-order valence-electron chi connectivity index (χ2n) is 7.67. The van der Waals surface area contributed by atoms with Crippen molar-refractivity contribution < 1.29 is 23.5 Å². The average molecular weight is 437 g/mol. The van der Waals surface area contributed by atoms with Crippen molar-refractivity contribution in [2.24, 2.45) is 5.92 Å². The van der Waals surface area contributed by atoms with Crippen LogP contribution in [0.25, 0.3) is 0 Å².